The van der Waals surface area contributed by atoms with Crippen LogP contribution < -0.4 is 9.47 Å². The number of hydrogen-bond acceptors (Lipinski definition) is 7. The molecule has 0 amide bonds. The van der Waals surface area contributed by atoms with Gasteiger partial charge < -0.3 is 14.6 Å². The number of carbonyl (C=O) groups excluding carboxylic acids is 2. The fraction of sp³-hybridized carbons (Fsp3) is 0.292. The molecule has 0 radical (unpaired) electrons. The van der Waals surface area contributed by atoms with Crippen LogP contribution in [0, 0.1) is 12.3 Å². The number of aliphatic hydroxyl groups excluding tert-OH is 1. The van der Waals surface area contributed by atoms with Crippen LogP contribution in [0.5, 0.6) is 16.7 Å². The van der Waals surface area contributed by atoms with Crippen LogP contribution in [0.4, 0.5) is 0 Å². The molecule has 1 saturated carbocycles. The Labute approximate surface area is 184 Å². The Kier molecular flexibility index (Phi) is 5.31. The van der Waals surface area contributed by atoms with Gasteiger partial charge in [0.2, 0.25) is 0 Å². The van der Waals surface area contributed by atoms with E-state index in [-0.39, 0.29) is 35.7 Å². The van der Waals surface area contributed by atoms with Gasteiger partial charge in [0.25, 0.3) is 5.19 Å². The van der Waals surface area contributed by atoms with Gasteiger partial charge in [-0.3, -0.25) is 9.59 Å². The number of fused-ring (bicyclic) bond motifs is 1. The molecule has 1 aliphatic rings. The summed E-state index contributed by atoms with van der Waals surface area (Å²) in [6.45, 7) is 5.57. The second-order valence-corrected chi connectivity index (χ2v) is 9.40. The van der Waals surface area contributed by atoms with Crippen molar-refractivity contribution in [1.29, 1.82) is 0 Å². The number of aryl methyl sites for hydroxylation is 1. The molecular formula is C24H23NO5S. The van der Waals surface area contributed by atoms with Crippen LogP contribution >= 0.6 is 11.3 Å². The molecular weight excluding hydrogens is 414 g/mol. The van der Waals surface area contributed by atoms with Gasteiger partial charge in [-0.1, -0.05) is 37.3 Å². The molecule has 1 aromatic heterocycles. The van der Waals surface area contributed by atoms with Crippen molar-refractivity contribution in [2.24, 2.45) is 5.41 Å². The summed E-state index contributed by atoms with van der Waals surface area (Å²) in [5.74, 6) is 0.227. The van der Waals surface area contributed by atoms with E-state index in [2.05, 4.69) is 4.98 Å². The Bertz CT molecular complexity index is 1220. The van der Waals surface area contributed by atoms with Gasteiger partial charge in [0.1, 0.15) is 11.3 Å². The number of nitrogens with zero attached hydrogens (tertiary/aromatic N) is 1. The molecule has 4 rings (SSSR count). The first-order valence-electron chi connectivity index (χ1n) is 9.91. The zero-order valence-electron chi connectivity index (χ0n) is 17.8. The standard InChI is InChI=1S/C24H23NO5S/c1-13-14(22(28)20-15(26)11-24(2,3)12-16(20)27)9-10-19-21(13)25-23(31-19)30-18-8-6-5-7-17(18)29-4/h5-10,28H,11-12H2,1-4H3. The highest BCUT2D eigenvalue weighted by molar-refractivity contribution is 7.20. The molecule has 1 fully saturated rings. The Morgan fingerprint density at radius 2 is 1.71 bits per heavy atom. The van der Waals surface area contributed by atoms with E-state index >= 15 is 0 Å². The second kappa shape index (κ2) is 7.81. The third-order valence-electron chi connectivity index (χ3n) is 5.39. The molecule has 2 aromatic carbocycles. The first-order valence-corrected chi connectivity index (χ1v) is 10.7. The molecule has 0 saturated heterocycles. The van der Waals surface area contributed by atoms with Gasteiger partial charge in [0.05, 0.1) is 17.3 Å². The van der Waals surface area contributed by atoms with E-state index in [1.807, 2.05) is 39.0 Å². The fourth-order valence-corrected chi connectivity index (χ4v) is 4.75. The van der Waals surface area contributed by atoms with Crippen LogP contribution in [-0.4, -0.2) is 28.8 Å². The average Bonchev–Trinajstić information content (AvgIpc) is 3.10. The number of rotatable bonds is 4. The highest BCUT2D eigenvalue weighted by Gasteiger charge is 2.38. The fourth-order valence-electron chi connectivity index (χ4n) is 3.87. The number of hydrogen-bond donors (Lipinski definition) is 1. The molecule has 0 spiro atoms. The summed E-state index contributed by atoms with van der Waals surface area (Å²) in [6, 6.07) is 10.8. The minimum Gasteiger partial charge on any atom is -0.506 e. The summed E-state index contributed by atoms with van der Waals surface area (Å²) in [5, 5.41) is 11.3. The van der Waals surface area contributed by atoms with Crippen molar-refractivity contribution in [3.63, 3.8) is 0 Å². The topological polar surface area (TPSA) is 85.7 Å². The number of allylic oxidation sites excluding steroid dienone is 1. The van der Waals surface area contributed by atoms with Crippen molar-refractivity contribution in [3.05, 3.63) is 53.1 Å². The highest BCUT2D eigenvalue weighted by Crippen LogP contribution is 2.40. The molecule has 160 valence electrons. The van der Waals surface area contributed by atoms with Gasteiger partial charge in [-0.2, -0.15) is 0 Å². The highest BCUT2D eigenvalue weighted by atomic mass is 32.1. The van der Waals surface area contributed by atoms with Crippen molar-refractivity contribution in [3.8, 4) is 16.7 Å². The smallest absolute Gasteiger partial charge is 0.279 e. The van der Waals surface area contributed by atoms with Crippen LogP contribution in [0.1, 0.15) is 37.8 Å². The predicted octanol–water partition coefficient (Wildman–Crippen LogP) is 5.63. The molecule has 0 bridgehead atoms. The van der Waals surface area contributed by atoms with Gasteiger partial charge in [-0.15, -0.1) is 0 Å². The van der Waals surface area contributed by atoms with Gasteiger partial charge >= 0.3 is 0 Å². The minimum absolute atomic E-state index is 0.109. The number of aliphatic hydroxyl groups is 1. The number of Topliss-reactive ketones (excluding diaryl/α,β-unsaturated/α-hetero) is 2. The second-order valence-electron chi connectivity index (χ2n) is 8.41. The lowest BCUT2D eigenvalue weighted by Gasteiger charge is -2.29. The lowest BCUT2D eigenvalue weighted by atomic mass is 9.73. The minimum atomic E-state index is -0.392. The lowest BCUT2D eigenvalue weighted by molar-refractivity contribution is -0.127. The number of benzene rings is 2. The predicted molar refractivity (Wildman–Crippen MR) is 120 cm³/mol. The van der Waals surface area contributed by atoms with Crippen molar-refractivity contribution < 1.29 is 24.2 Å². The zero-order chi connectivity index (χ0) is 22.3. The zero-order valence-corrected chi connectivity index (χ0v) is 18.6. The molecule has 0 atom stereocenters. The van der Waals surface area contributed by atoms with Crippen LogP contribution in [0.3, 0.4) is 0 Å². The maximum Gasteiger partial charge on any atom is 0.279 e. The summed E-state index contributed by atoms with van der Waals surface area (Å²) in [5.41, 5.74) is 1.26. The van der Waals surface area contributed by atoms with Crippen molar-refractivity contribution in [2.75, 3.05) is 7.11 Å². The lowest BCUT2D eigenvalue weighted by Crippen LogP contribution is -2.32. The average molecular weight is 438 g/mol. The number of para-hydroxylation sites is 2. The van der Waals surface area contributed by atoms with Crippen molar-refractivity contribution in [2.45, 2.75) is 33.6 Å². The molecule has 3 aromatic rings. The normalized spacial score (nSPS) is 15.9. The monoisotopic (exact) mass is 437 g/mol. The molecule has 7 heteroatoms. The molecule has 1 N–H and O–H groups in total. The van der Waals surface area contributed by atoms with Crippen LogP contribution in [0.2, 0.25) is 0 Å². The third-order valence-corrected chi connectivity index (χ3v) is 6.29. The van der Waals surface area contributed by atoms with E-state index in [1.54, 1.807) is 25.3 Å². The largest absolute Gasteiger partial charge is 0.506 e. The Morgan fingerprint density at radius 1 is 1.06 bits per heavy atom. The van der Waals surface area contributed by atoms with E-state index in [0.29, 0.717) is 33.3 Å². The van der Waals surface area contributed by atoms with Crippen molar-refractivity contribution >= 4 is 38.9 Å². The quantitative estimate of drug-likeness (QED) is 0.323. The Hall–Kier alpha value is -3.19. The van der Waals surface area contributed by atoms with Gasteiger partial charge in [-0.05, 0) is 42.2 Å². The Morgan fingerprint density at radius 3 is 2.35 bits per heavy atom. The summed E-state index contributed by atoms with van der Waals surface area (Å²) < 4.78 is 12.1. The number of carbonyl (C=O) groups is 2. The first kappa shape index (κ1) is 21.1. The van der Waals surface area contributed by atoms with Gasteiger partial charge in [-0.25, -0.2) is 4.98 Å². The summed E-state index contributed by atoms with van der Waals surface area (Å²) >= 11 is 1.36. The van der Waals surface area contributed by atoms with Crippen molar-refractivity contribution in [1.82, 2.24) is 4.98 Å². The molecule has 31 heavy (non-hydrogen) atoms. The van der Waals surface area contributed by atoms with Gasteiger partial charge in [0, 0.05) is 18.4 Å². The maximum absolute atomic E-state index is 12.6. The summed E-state index contributed by atoms with van der Waals surface area (Å²) in [4.78, 5) is 29.8. The van der Waals surface area contributed by atoms with Crippen LogP contribution in [0.15, 0.2) is 42.0 Å². The molecule has 0 unspecified atom stereocenters. The Balaban J connectivity index is 1.73. The first-order chi connectivity index (χ1) is 14.7. The van der Waals surface area contributed by atoms with E-state index in [9.17, 15) is 14.7 Å². The number of thiazole rings is 1. The maximum atomic E-state index is 12.6. The SMILES string of the molecule is COc1ccccc1Oc1nc2c(C)c(C(O)=C3C(=O)CC(C)(C)CC3=O)ccc2s1. The molecule has 0 aliphatic heterocycles. The number of ether oxygens (including phenoxy) is 2. The van der Waals surface area contributed by atoms with E-state index in [1.165, 1.54) is 11.3 Å². The summed E-state index contributed by atoms with van der Waals surface area (Å²) in [7, 11) is 1.57. The van der Waals surface area contributed by atoms with E-state index < -0.39 is 5.41 Å². The molecule has 1 heterocycles. The number of methoxy groups -OCH3 is 1. The van der Waals surface area contributed by atoms with Crippen LogP contribution in [-0.2, 0) is 9.59 Å². The molecule has 1 aliphatic carbocycles. The number of ketones is 2. The van der Waals surface area contributed by atoms with Gasteiger partial charge in [0.15, 0.2) is 23.1 Å². The van der Waals surface area contributed by atoms with E-state index in [4.69, 9.17) is 9.47 Å². The van der Waals surface area contributed by atoms with Crippen LogP contribution in [0.25, 0.3) is 16.0 Å². The molecule has 6 nitrogen and oxygen atoms in total. The number of aromatic nitrogens is 1. The summed E-state index contributed by atoms with van der Waals surface area (Å²) in [6.07, 6.45) is 0.458. The van der Waals surface area contributed by atoms with E-state index in [0.717, 1.165) is 4.70 Å². The third kappa shape index (κ3) is 3.93.